The summed E-state index contributed by atoms with van der Waals surface area (Å²) in [6, 6.07) is 17.8. The molecule has 7 nitrogen and oxygen atoms in total. The van der Waals surface area contributed by atoms with E-state index in [1.54, 1.807) is 11.0 Å². The number of benzene rings is 2. The molecular formula is C24H19N5O2S2. The number of hydrogen-bond acceptors (Lipinski definition) is 7. The van der Waals surface area contributed by atoms with Gasteiger partial charge in [-0.2, -0.15) is 0 Å². The Balaban J connectivity index is 1.29. The monoisotopic (exact) mass is 473 g/mol. The Morgan fingerprint density at radius 2 is 1.97 bits per heavy atom. The van der Waals surface area contributed by atoms with Crippen molar-refractivity contribution < 1.29 is 9.21 Å². The Kier molecular flexibility index (Phi) is 6.05. The Morgan fingerprint density at radius 3 is 2.82 bits per heavy atom. The summed E-state index contributed by atoms with van der Waals surface area (Å²) < 4.78 is 5.81. The number of rotatable bonds is 8. The number of thiazole rings is 1. The molecule has 0 atom stereocenters. The van der Waals surface area contributed by atoms with Gasteiger partial charge in [0.25, 0.3) is 11.1 Å². The first-order valence-electron chi connectivity index (χ1n) is 10.2. The van der Waals surface area contributed by atoms with Gasteiger partial charge in [-0.3, -0.25) is 9.69 Å². The lowest BCUT2D eigenvalue weighted by atomic mass is 10.2. The SMILES string of the molecule is C=CCN(C(=O)CSc1nnc(-c2c[nH]c3ccccc23)o1)c1nc(-c2ccccc2)cs1. The van der Waals surface area contributed by atoms with Crippen LogP contribution in [0.15, 0.2) is 88.5 Å². The van der Waals surface area contributed by atoms with Gasteiger partial charge in [-0.25, -0.2) is 4.98 Å². The van der Waals surface area contributed by atoms with Crippen LogP contribution in [0.5, 0.6) is 0 Å². The maximum absolute atomic E-state index is 13.0. The minimum absolute atomic E-state index is 0.110. The Morgan fingerprint density at radius 1 is 1.15 bits per heavy atom. The van der Waals surface area contributed by atoms with Crippen molar-refractivity contribution in [1.29, 1.82) is 0 Å². The highest BCUT2D eigenvalue weighted by atomic mass is 32.2. The van der Waals surface area contributed by atoms with Gasteiger partial charge in [0.05, 0.1) is 17.0 Å². The van der Waals surface area contributed by atoms with Crippen LogP contribution in [0.2, 0.25) is 0 Å². The highest BCUT2D eigenvalue weighted by Gasteiger charge is 2.20. The average Bonchev–Trinajstić information content (AvgIpc) is 3.61. The number of nitrogens with one attached hydrogen (secondary N) is 1. The fraction of sp³-hybridized carbons (Fsp3) is 0.0833. The quantitative estimate of drug-likeness (QED) is 0.231. The zero-order valence-corrected chi connectivity index (χ0v) is 19.1. The summed E-state index contributed by atoms with van der Waals surface area (Å²) in [6.45, 7) is 4.15. The molecule has 0 unspecified atom stereocenters. The second-order valence-corrected chi connectivity index (χ2v) is 8.85. The highest BCUT2D eigenvalue weighted by Crippen LogP contribution is 2.31. The van der Waals surface area contributed by atoms with E-state index in [4.69, 9.17) is 4.42 Å². The van der Waals surface area contributed by atoms with E-state index in [-0.39, 0.29) is 11.7 Å². The van der Waals surface area contributed by atoms with Crippen molar-refractivity contribution in [2.45, 2.75) is 5.22 Å². The van der Waals surface area contributed by atoms with Crippen molar-refractivity contribution in [3.63, 3.8) is 0 Å². The molecule has 1 amide bonds. The predicted molar refractivity (Wildman–Crippen MR) is 132 cm³/mol. The van der Waals surface area contributed by atoms with Gasteiger partial charge in [-0.15, -0.1) is 28.1 Å². The van der Waals surface area contributed by atoms with Gasteiger partial charge >= 0.3 is 0 Å². The lowest BCUT2D eigenvalue weighted by Gasteiger charge is -2.17. The molecule has 0 aliphatic heterocycles. The van der Waals surface area contributed by atoms with Crippen LogP contribution in [0.25, 0.3) is 33.6 Å². The van der Waals surface area contributed by atoms with E-state index in [0.717, 1.165) is 27.7 Å². The third-order valence-electron chi connectivity index (χ3n) is 4.95. The van der Waals surface area contributed by atoms with Crippen LogP contribution in [-0.2, 0) is 4.79 Å². The van der Waals surface area contributed by atoms with Crippen molar-refractivity contribution in [2.75, 3.05) is 17.2 Å². The molecule has 2 aromatic carbocycles. The number of thioether (sulfide) groups is 1. The van der Waals surface area contributed by atoms with Crippen LogP contribution in [0, 0.1) is 0 Å². The third kappa shape index (κ3) is 4.46. The second kappa shape index (κ2) is 9.43. The first-order chi connectivity index (χ1) is 16.2. The standard InChI is InChI=1S/C24H19N5O2S2/c1-2-12-29(23-26-20(14-32-23)16-8-4-3-5-9-16)21(30)15-33-24-28-27-22(31-24)18-13-25-19-11-7-6-10-17(18)19/h2-11,13-14,25H,1,12,15H2. The first-order valence-corrected chi connectivity index (χ1v) is 12.0. The number of carbonyl (C=O) groups is 1. The summed E-state index contributed by atoms with van der Waals surface area (Å²) in [5, 5.41) is 12.2. The molecule has 0 saturated heterocycles. The number of fused-ring (bicyclic) bond motifs is 1. The van der Waals surface area contributed by atoms with Gasteiger partial charge in [-0.05, 0) is 6.07 Å². The molecule has 5 rings (SSSR count). The van der Waals surface area contributed by atoms with Crippen molar-refractivity contribution >= 4 is 45.0 Å². The van der Waals surface area contributed by atoms with E-state index in [9.17, 15) is 4.79 Å². The Hall–Kier alpha value is -3.69. The van der Waals surface area contributed by atoms with Crippen molar-refractivity contribution in [3.05, 3.63) is 78.8 Å². The largest absolute Gasteiger partial charge is 0.411 e. The molecule has 3 aromatic heterocycles. The van der Waals surface area contributed by atoms with Gasteiger partial charge in [0, 0.05) is 34.6 Å². The summed E-state index contributed by atoms with van der Waals surface area (Å²) in [4.78, 5) is 22.5. The number of hydrogen-bond donors (Lipinski definition) is 1. The van der Waals surface area contributed by atoms with Crippen LogP contribution in [-0.4, -0.2) is 38.4 Å². The van der Waals surface area contributed by atoms with Crippen molar-refractivity contribution in [1.82, 2.24) is 20.2 Å². The van der Waals surface area contributed by atoms with Crippen molar-refractivity contribution in [2.24, 2.45) is 0 Å². The van der Waals surface area contributed by atoms with E-state index >= 15 is 0 Å². The molecule has 0 aliphatic rings. The summed E-state index contributed by atoms with van der Waals surface area (Å²) >= 11 is 2.63. The topological polar surface area (TPSA) is 87.9 Å². The minimum Gasteiger partial charge on any atom is -0.411 e. The molecule has 5 aromatic rings. The van der Waals surface area contributed by atoms with Crippen LogP contribution in [0.1, 0.15) is 0 Å². The van der Waals surface area contributed by atoms with Gasteiger partial charge in [0.1, 0.15) is 0 Å². The summed E-state index contributed by atoms with van der Waals surface area (Å²) in [6.07, 6.45) is 3.53. The molecule has 3 heterocycles. The molecule has 0 fully saturated rings. The second-order valence-electron chi connectivity index (χ2n) is 7.08. The number of carbonyl (C=O) groups excluding carboxylic acids is 1. The Labute approximate surface area is 198 Å². The molecule has 0 bridgehead atoms. The maximum atomic E-state index is 13.0. The van der Waals surface area contributed by atoms with Crippen LogP contribution >= 0.6 is 23.1 Å². The smallest absolute Gasteiger partial charge is 0.277 e. The molecule has 164 valence electrons. The molecule has 0 saturated carbocycles. The first kappa shape index (κ1) is 21.2. The molecule has 9 heteroatoms. The molecule has 33 heavy (non-hydrogen) atoms. The fourth-order valence-electron chi connectivity index (χ4n) is 3.37. The summed E-state index contributed by atoms with van der Waals surface area (Å²) in [7, 11) is 0. The molecular weight excluding hydrogens is 454 g/mol. The number of para-hydroxylation sites is 1. The third-order valence-corrected chi connectivity index (χ3v) is 6.62. The fourth-order valence-corrected chi connectivity index (χ4v) is 4.87. The lowest BCUT2D eigenvalue weighted by Crippen LogP contribution is -2.32. The summed E-state index contributed by atoms with van der Waals surface area (Å²) in [5.74, 6) is 0.447. The summed E-state index contributed by atoms with van der Waals surface area (Å²) in [5.41, 5.74) is 3.68. The molecule has 0 aliphatic carbocycles. The highest BCUT2D eigenvalue weighted by molar-refractivity contribution is 7.99. The zero-order chi connectivity index (χ0) is 22.6. The van der Waals surface area contributed by atoms with Gasteiger partial charge in [0.2, 0.25) is 5.91 Å². The van der Waals surface area contributed by atoms with Crippen LogP contribution in [0.3, 0.4) is 0 Å². The van der Waals surface area contributed by atoms with Gasteiger partial charge in [-0.1, -0.05) is 66.4 Å². The number of nitrogens with zero attached hydrogens (tertiary/aromatic N) is 4. The van der Waals surface area contributed by atoms with E-state index in [0.29, 0.717) is 22.8 Å². The number of aromatic amines is 1. The molecule has 0 spiro atoms. The van der Waals surface area contributed by atoms with E-state index in [1.165, 1.54) is 23.1 Å². The Bertz CT molecular complexity index is 1410. The number of amides is 1. The molecule has 1 N–H and O–H groups in total. The normalized spacial score (nSPS) is 11.0. The number of anilines is 1. The average molecular weight is 474 g/mol. The number of aromatic nitrogens is 4. The number of H-pyrrole nitrogens is 1. The van der Waals surface area contributed by atoms with Gasteiger partial charge < -0.3 is 9.40 Å². The van der Waals surface area contributed by atoms with E-state index in [1.807, 2.05) is 66.2 Å². The predicted octanol–water partition coefficient (Wildman–Crippen LogP) is 5.65. The maximum Gasteiger partial charge on any atom is 0.277 e. The van der Waals surface area contributed by atoms with E-state index < -0.39 is 0 Å². The minimum atomic E-state index is -0.110. The zero-order valence-electron chi connectivity index (χ0n) is 17.5. The van der Waals surface area contributed by atoms with Crippen LogP contribution < -0.4 is 4.90 Å². The van der Waals surface area contributed by atoms with Crippen LogP contribution in [0.4, 0.5) is 5.13 Å². The molecule has 0 radical (unpaired) electrons. The lowest BCUT2D eigenvalue weighted by molar-refractivity contribution is -0.116. The van der Waals surface area contributed by atoms with E-state index in [2.05, 4.69) is 26.7 Å². The van der Waals surface area contributed by atoms with Gasteiger partial charge in [0.15, 0.2) is 5.13 Å². The van der Waals surface area contributed by atoms with Crippen molar-refractivity contribution in [3.8, 4) is 22.7 Å².